The van der Waals surface area contributed by atoms with Crippen molar-refractivity contribution in [1.29, 1.82) is 0 Å². The van der Waals surface area contributed by atoms with Gasteiger partial charge < -0.3 is 5.73 Å². The molecule has 0 saturated carbocycles. The average molecular weight is 243 g/mol. The highest BCUT2D eigenvalue weighted by molar-refractivity contribution is 8.13. The van der Waals surface area contributed by atoms with E-state index >= 15 is 0 Å². The minimum absolute atomic E-state index is 0.0943. The van der Waals surface area contributed by atoms with Gasteiger partial charge in [-0.05, 0) is 6.07 Å². The van der Waals surface area contributed by atoms with Gasteiger partial charge in [0.05, 0.1) is 5.02 Å². The van der Waals surface area contributed by atoms with E-state index in [1.807, 2.05) is 12.2 Å². The van der Waals surface area contributed by atoms with Crippen LogP contribution in [0.5, 0.6) is 0 Å². The summed E-state index contributed by atoms with van der Waals surface area (Å²) in [5.74, 6) is 1.06. The summed E-state index contributed by atoms with van der Waals surface area (Å²) in [6.45, 7) is 1.54. The molecule has 1 heterocycles. The first-order valence-electron chi connectivity index (χ1n) is 4.30. The van der Waals surface area contributed by atoms with Gasteiger partial charge in [0, 0.05) is 24.4 Å². The lowest BCUT2D eigenvalue weighted by Gasteiger charge is -1.99. The van der Waals surface area contributed by atoms with Crippen molar-refractivity contribution < 1.29 is 4.79 Å². The molecule has 0 aromatic carbocycles. The molecule has 0 spiro atoms. The fraction of sp³-hybridized carbons (Fsp3) is 0.200. The summed E-state index contributed by atoms with van der Waals surface area (Å²) in [6.07, 6.45) is 5.17. The summed E-state index contributed by atoms with van der Waals surface area (Å²) in [7, 11) is 0. The molecule has 1 aromatic heterocycles. The van der Waals surface area contributed by atoms with Gasteiger partial charge in [-0.3, -0.25) is 4.79 Å². The molecular formula is C10H11ClN2OS. The molecular weight excluding hydrogens is 232 g/mol. The highest BCUT2D eigenvalue weighted by Crippen LogP contribution is 2.16. The Kier molecular flexibility index (Phi) is 4.65. The van der Waals surface area contributed by atoms with Crippen molar-refractivity contribution in [2.45, 2.75) is 6.92 Å². The Bertz CT molecular complexity index is 393. The maximum Gasteiger partial charge on any atom is 0.186 e. The third kappa shape index (κ3) is 4.36. The van der Waals surface area contributed by atoms with Crippen LogP contribution in [0.25, 0.3) is 6.08 Å². The van der Waals surface area contributed by atoms with Gasteiger partial charge in [-0.15, -0.1) is 0 Å². The van der Waals surface area contributed by atoms with Crippen LogP contribution in [0.4, 0.5) is 5.82 Å². The second-order valence-electron chi connectivity index (χ2n) is 2.83. The van der Waals surface area contributed by atoms with Gasteiger partial charge >= 0.3 is 0 Å². The molecule has 3 nitrogen and oxygen atoms in total. The maximum atomic E-state index is 10.6. The Balaban J connectivity index is 2.63. The van der Waals surface area contributed by atoms with Crippen molar-refractivity contribution in [2.24, 2.45) is 0 Å². The number of hydrogen-bond donors (Lipinski definition) is 1. The Morgan fingerprint density at radius 2 is 2.47 bits per heavy atom. The molecule has 0 bridgehead atoms. The van der Waals surface area contributed by atoms with Crippen molar-refractivity contribution >= 4 is 40.4 Å². The van der Waals surface area contributed by atoms with E-state index in [1.54, 1.807) is 6.07 Å². The Labute approximate surface area is 97.7 Å². The van der Waals surface area contributed by atoms with Gasteiger partial charge in [-0.25, -0.2) is 4.98 Å². The SMILES string of the molecule is CC(=O)SCC=Cc1cc(Cl)cnc1N. The van der Waals surface area contributed by atoms with Gasteiger partial charge in [0.1, 0.15) is 5.82 Å². The number of rotatable bonds is 3. The first kappa shape index (κ1) is 12.1. The van der Waals surface area contributed by atoms with E-state index in [0.29, 0.717) is 16.6 Å². The number of carbonyl (C=O) groups is 1. The fourth-order valence-electron chi connectivity index (χ4n) is 0.940. The molecule has 0 aliphatic carbocycles. The normalized spacial score (nSPS) is 10.8. The Morgan fingerprint density at radius 3 is 3.13 bits per heavy atom. The summed E-state index contributed by atoms with van der Waals surface area (Å²) < 4.78 is 0. The first-order valence-corrected chi connectivity index (χ1v) is 5.67. The summed E-state index contributed by atoms with van der Waals surface area (Å²) in [4.78, 5) is 14.6. The van der Waals surface area contributed by atoms with Crippen molar-refractivity contribution in [3.05, 3.63) is 28.9 Å². The second-order valence-corrected chi connectivity index (χ2v) is 4.47. The van der Waals surface area contributed by atoms with E-state index in [4.69, 9.17) is 17.3 Å². The van der Waals surface area contributed by atoms with Crippen LogP contribution in [0, 0.1) is 0 Å². The summed E-state index contributed by atoms with van der Waals surface area (Å²) in [5.41, 5.74) is 6.41. The quantitative estimate of drug-likeness (QED) is 0.885. The zero-order chi connectivity index (χ0) is 11.3. The summed E-state index contributed by atoms with van der Waals surface area (Å²) in [5, 5.41) is 0.639. The van der Waals surface area contributed by atoms with Crippen molar-refractivity contribution in [2.75, 3.05) is 11.5 Å². The van der Waals surface area contributed by atoms with E-state index in [2.05, 4.69) is 4.98 Å². The molecule has 1 rings (SSSR count). The Hall–Kier alpha value is -1.00. The third-order valence-electron chi connectivity index (χ3n) is 1.60. The van der Waals surface area contributed by atoms with Crippen LogP contribution in [0.15, 0.2) is 18.3 Å². The molecule has 0 aliphatic rings. The van der Waals surface area contributed by atoms with Crippen molar-refractivity contribution in [1.82, 2.24) is 4.98 Å². The van der Waals surface area contributed by atoms with Crippen LogP contribution in [0.3, 0.4) is 0 Å². The van der Waals surface area contributed by atoms with E-state index in [9.17, 15) is 4.79 Å². The van der Waals surface area contributed by atoms with Gasteiger partial charge in [0.2, 0.25) is 0 Å². The van der Waals surface area contributed by atoms with Crippen LogP contribution in [-0.4, -0.2) is 15.9 Å². The molecule has 0 amide bonds. The smallest absolute Gasteiger partial charge is 0.186 e. The Morgan fingerprint density at radius 1 is 1.73 bits per heavy atom. The molecule has 5 heteroatoms. The van der Waals surface area contributed by atoms with E-state index in [0.717, 1.165) is 5.56 Å². The van der Waals surface area contributed by atoms with Crippen LogP contribution in [0.1, 0.15) is 12.5 Å². The van der Waals surface area contributed by atoms with Gasteiger partial charge in [0.25, 0.3) is 0 Å². The zero-order valence-corrected chi connectivity index (χ0v) is 9.81. The predicted octanol–water partition coefficient (Wildman–Crippen LogP) is 2.61. The van der Waals surface area contributed by atoms with Crippen molar-refractivity contribution in [3.8, 4) is 0 Å². The molecule has 1 aromatic rings. The lowest BCUT2D eigenvalue weighted by molar-refractivity contribution is -0.109. The van der Waals surface area contributed by atoms with Gasteiger partial charge in [-0.1, -0.05) is 35.5 Å². The lowest BCUT2D eigenvalue weighted by atomic mass is 10.2. The molecule has 80 valence electrons. The predicted molar refractivity (Wildman–Crippen MR) is 65.8 cm³/mol. The summed E-state index contributed by atoms with van der Waals surface area (Å²) >= 11 is 7.01. The van der Waals surface area contributed by atoms with E-state index < -0.39 is 0 Å². The molecule has 0 fully saturated rings. The van der Waals surface area contributed by atoms with Crippen molar-refractivity contribution in [3.63, 3.8) is 0 Å². The molecule has 0 saturated heterocycles. The minimum Gasteiger partial charge on any atom is -0.383 e. The number of nitrogens with two attached hydrogens (primary N) is 1. The fourth-order valence-corrected chi connectivity index (χ4v) is 1.53. The molecule has 2 N–H and O–H groups in total. The number of nitrogen functional groups attached to an aromatic ring is 1. The number of nitrogens with zero attached hydrogens (tertiary/aromatic N) is 1. The molecule has 15 heavy (non-hydrogen) atoms. The van der Waals surface area contributed by atoms with Crippen LogP contribution in [-0.2, 0) is 4.79 Å². The number of halogens is 1. The van der Waals surface area contributed by atoms with E-state index in [1.165, 1.54) is 24.9 Å². The molecule has 0 atom stereocenters. The average Bonchev–Trinajstić information content (AvgIpc) is 2.17. The standard InChI is InChI=1S/C10H11ClN2OS/c1-7(14)15-4-2-3-8-5-9(11)6-13-10(8)12/h2-3,5-6H,4H2,1H3,(H2,12,13). The monoisotopic (exact) mass is 242 g/mol. The van der Waals surface area contributed by atoms with Crippen LogP contribution in [0.2, 0.25) is 5.02 Å². The number of pyridine rings is 1. The highest BCUT2D eigenvalue weighted by atomic mass is 35.5. The summed E-state index contributed by atoms with van der Waals surface area (Å²) in [6, 6.07) is 1.73. The maximum absolute atomic E-state index is 10.6. The minimum atomic E-state index is 0.0943. The number of thioether (sulfide) groups is 1. The van der Waals surface area contributed by atoms with Crippen LogP contribution < -0.4 is 5.73 Å². The lowest BCUT2D eigenvalue weighted by Crippen LogP contribution is -1.93. The third-order valence-corrected chi connectivity index (χ3v) is 2.57. The number of hydrogen-bond acceptors (Lipinski definition) is 4. The highest BCUT2D eigenvalue weighted by Gasteiger charge is 1.97. The van der Waals surface area contributed by atoms with Gasteiger partial charge in [-0.2, -0.15) is 0 Å². The number of carbonyl (C=O) groups excluding carboxylic acids is 1. The topological polar surface area (TPSA) is 56.0 Å². The largest absolute Gasteiger partial charge is 0.383 e. The molecule has 0 radical (unpaired) electrons. The second kappa shape index (κ2) is 5.78. The molecule has 0 unspecified atom stereocenters. The first-order chi connectivity index (χ1) is 7.09. The zero-order valence-electron chi connectivity index (χ0n) is 8.24. The number of anilines is 1. The number of aromatic nitrogens is 1. The van der Waals surface area contributed by atoms with Crippen LogP contribution >= 0.6 is 23.4 Å². The molecule has 0 aliphatic heterocycles. The van der Waals surface area contributed by atoms with E-state index in [-0.39, 0.29) is 5.12 Å². The van der Waals surface area contributed by atoms with Gasteiger partial charge in [0.15, 0.2) is 5.12 Å².